The molecule has 1 aromatic rings. The van der Waals surface area contributed by atoms with Crippen LogP contribution in [0.3, 0.4) is 0 Å². The number of hydrogen-bond acceptors (Lipinski definition) is 4. The van der Waals surface area contributed by atoms with Gasteiger partial charge < -0.3 is 10.6 Å². The van der Waals surface area contributed by atoms with E-state index in [0.29, 0.717) is 23.2 Å². The summed E-state index contributed by atoms with van der Waals surface area (Å²) in [5.41, 5.74) is 6.44. The Balaban J connectivity index is 2.33. The van der Waals surface area contributed by atoms with Gasteiger partial charge in [0.15, 0.2) is 0 Å². The minimum atomic E-state index is -0.385. The summed E-state index contributed by atoms with van der Waals surface area (Å²) in [6.45, 7) is 0.621. The Morgan fingerprint density at radius 3 is 2.89 bits per heavy atom. The Morgan fingerprint density at radius 2 is 2.26 bits per heavy atom. The summed E-state index contributed by atoms with van der Waals surface area (Å²) < 4.78 is 0. The van der Waals surface area contributed by atoms with Gasteiger partial charge in [-0.15, -0.1) is 0 Å². The molecule has 0 bridgehead atoms. The van der Waals surface area contributed by atoms with E-state index in [4.69, 9.17) is 17.3 Å². The molecule has 6 heteroatoms. The van der Waals surface area contributed by atoms with Crippen molar-refractivity contribution in [3.8, 4) is 0 Å². The lowest BCUT2D eigenvalue weighted by molar-refractivity contribution is -0.384. The third-order valence-electron chi connectivity index (χ3n) is 3.93. The molecule has 0 aliphatic heterocycles. The van der Waals surface area contributed by atoms with E-state index >= 15 is 0 Å². The van der Waals surface area contributed by atoms with Crippen LogP contribution in [0.1, 0.15) is 19.3 Å². The smallest absolute Gasteiger partial charge is 0.294 e. The fourth-order valence-corrected chi connectivity index (χ4v) is 3.09. The van der Waals surface area contributed by atoms with Crippen molar-refractivity contribution in [1.29, 1.82) is 0 Å². The topological polar surface area (TPSA) is 72.4 Å². The van der Waals surface area contributed by atoms with Gasteiger partial charge in [-0.1, -0.05) is 18.0 Å². The van der Waals surface area contributed by atoms with Crippen LogP contribution in [-0.4, -0.2) is 24.6 Å². The molecule has 0 radical (unpaired) electrons. The third-order valence-corrected chi connectivity index (χ3v) is 4.17. The average Bonchev–Trinajstić information content (AvgIpc) is 2.86. The quantitative estimate of drug-likeness (QED) is 0.681. The van der Waals surface area contributed by atoms with Crippen LogP contribution in [0.25, 0.3) is 0 Å². The molecule has 2 atom stereocenters. The zero-order chi connectivity index (χ0) is 14.0. The van der Waals surface area contributed by atoms with Crippen LogP contribution in [0.4, 0.5) is 11.4 Å². The van der Waals surface area contributed by atoms with Crippen LogP contribution in [0.2, 0.25) is 5.02 Å². The van der Waals surface area contributed by atoms with E-state index in [2.05, 4.69) is 0 Å². The summed E-state index contributed by atoms with van der Waals surface area (Å²) in [7, 11) is 1.90. The first-order valence-electron chi connectivity index (χ1n) is 6.41. The fraction of sp³-hybridized carbons (Fsp3) is 0.538. The minimum absolute atomic E-state index is 0.0534. The third kappa shape index (κ3) is 2.82. The lowest BCUT2D eigenvalue weighted by atomic mass is 10.0. The van der Waals surface area contributed by atoms with Crippen LogP contribution in [-0.2, 0) is 0 Å². The molecule has 2 N–H and O–H groups in total. The highest BCUT2D eigenvalue weighted by molar-refractivity contribution is 6.30. The average molecular weight is 284 g/mol. The second-order valence-electron chi connectivity index (χ2n) is 5.00. The molecule has 5 nitrogen and oxygen atoms in total. The second-order valence-corrected chi connectivity index (χ2v) is 5.43. The highest BCUT2D eigenvalue weighted by Gasteiger charge is 2.32. The minimum Gasteiger partial charge on any atom is -0.366 e. The van der Waals surface area contributed by atoms with Crippen molar-refractivity contribution in [3.05, 3.63) is 33.3 Å². The van der Waals surface area contributed by atoms with E-state index in [-0.39, 0.29) is 16.7 Å². The zero-order valence-electron chi connectivity index (χ0n) is 10.9. The summed E-state index contributed by atoms with van der Waals surface area (Å²) >= 11 is 5.84. The van der Waals surface area contributed by atoms with Gasteiger partial charge in [-0.05, 0) is 37.4 Å². The molecule has 0 heterocycles. The van der Waals surface area contributed by atoms with E-state index in [0.717, 1.165) is 19.3 Å². The Kier molecular flexibility index (Phi) is 4.27. The number of halogens is 1. The van der Waals surface area contributed by atoms with Crippen molar-refractivity contribution in [2.75, 3.05) is 18.5 Å². The number of nitrogens with zero attached hydrogens (tertiary/aromatic N) is 2. The van der Waals surface area contributed by atoms with Crippen LogP contribution in [0.15, 0.2) is 18.2 Å². The van der Waals surface area contributed by atoms with E-state index in [1.54, 1.807) is 12.1 Å². The predicted molar refractivity (Wildman–Crippen MR) is 76.7 cm³/mol. The largest absolute Gasteiger partial charge is 0.366 e. The van der Waals surface area contributed by atoms with E-state index in [1.807, 2.05) is 11.9 Å². The van der Waals surface area contributed by atoms with Crippen molar-refractivity contribution in [3.63, 3.8) is 0 Å². The second kappa shape index (κ2) is 5.75. The maximum Gasteiger partial charge on any atom is 0.294 e. The summed E-state index contributed by atoms with van der Waals surface area (Å²) in [5, 5.41) is 11.5. The standard InChI is InChI=1S/C13H18ClN3O2/c1-16(11-4-2-3-9(11)8-15)12-6-5-10(14)7-13(12)17(18)19/h5-7,9,11H,2-4,8,15H2,1H3. The number of benzene rings is 1. The van der Waals surface area contributed by atoms with Gasteiger partial charge in [0, 0.05) is 24.2 Å². The molecule has 0 saturated heterocycles. The number of hydrogen-bond donors (Lipinski definition) is 1. The highest BCUT2D eigenvalue weighted by Crippen LogP contribution is 2.36. The highest BCUT2D eigenvalue weighted by atomic mass is 35.5. The fourth-order valence-electron chi connectivity index (χ4n) is 2.92. The van der Waals surface area contributed by atoms with Gasteiger partial charge in [0.25, 0.3) is 5.69 Å². The Hall–Kier alpha value is -1.33. The molecule has 0 spiro atoms. The first-order valence-corrected chi connectivity index (χ1v) is 6.79. The van der Waals surface area contributed by atoms with Gasteiger partial charge in [0.2, 0.25) is 0 Å². The number of nitro benzene ring substituents is 1. The van der Waals surface area contributed by atoms with Crippen LogP contribution < -0.4 is 10.6 Å². The van der Waals surface area contributed by atoms with Crippen LogP contribution in [0.5, 0.6) is 0 Å². The summed E-state index contributed by atoms with van der Waals surface area (Å²) in [5.74, 6) is 0.403. The van der Waals surface area contributed by atoms with Crippen molar-refractivity contribution >= 4 is 23.0 Å². The lowest BCUT2D eigenvalue weighted by Gasteiger charge is -2.30. The number of anilines is 1. The summed E-state index contributed by atoms with van der Waals surface area (Å²) in [6.07, 6.45) is 3.24. The monoisotopic (exact) mass is 283 g/mol. The number of nitro groups is 1. The predicted octanol–water partition coefficient (Wildman–Crippen LogP) is 2.81. The van der Waals surface area contributed by atoms with Gasteiger partial charge in [-0.3, -0.25) is 10.1 Å². The first kappa shape index (κ1) is 14.1. The molecule has 1 fully saturated rings. The first-order chi connectivity index (χ1) is 9.04. The maximum atomic E-state index is 11.1. The van der Waals surface area contributed by atoms with Crippen LogP contribution >= 0.6 is 11.6 Å². The normalized spacial score (nSPS) is 22.5. The van der Waals surface area contributed by atoms with Gasteiger partial charge in [-0.25, -0.2) is 0 Å². The zero-order valence-corrected chi connectivity index (χ0v) is 11.6. The Bertz CT molecular complexity index is 481. The number of nitrogens with two attached hydrogens (primary N) is 1. The maximum absolute atomic E-state index is 11.1. The molecular formula is C13H18ClN3O2. The van der Waals surface area contributed by atoms with Gasteiger partial charge >= 0.3 is 0 Å². The molecule has 2 rings (SSSR count). The van der Waals surface area contributed by atoms with Gasteiger partial charge in [0.1, 0.15) is 5.69 Å². The molecular weight excluding hydrogens is 266 g/mol. The van der Waals surface area contributed by atoms with Crippen molar-refractivity contribution < 1.29 is 4.92 Å². The van der Waals surface area contributed by atoms with Crippen molar-refractivity contribution in [1.82, 2.24) is 0 Å². The summed E-state index contributed by atoms with van der Waals surface area (Å²) in [6, 6.07) is 5.07. The SMILES string of the molecule is CN(c1ccc(Cl)cc1[N+](=O)[O-])C1CCCC1CN. The molecule has 1 aliphatic carbocycles. The molecule has 1 aromatic carbocycles. The Morgan fingerprint density at radius 1 is 1.53 bits per heavy atom. The van der Waals surface area contributed by atoms with Crippen LogP contribution in [0, 0.1) is 16.0 Å². The summed E-state index contributed by atoms with van der Waals surface area (Å²) in [4.78, 5) is 12.7. The number of rotatable bonds is 4. The molecule has 0 aromatic heterocycles. The van der Waals surface area contributed by atoms with Gasteiger partial charge in [0.05, 0.1) is 4.92 Å². The molecule has 1 aliphatic rings. The molecule has 19 heavy (non-hydrogen) atoms. The molecule has 104 valence electrons. The van der Waals surface area contributed by atoms with E-state index < -0.39 is 0 Å². The molecule has 0 amide bonds. The Labute approximate surface area is 117 Å². The van der Waals surface area contributed by atoms with Gasteiger partial charge in [-0.2, -0.15) is 0 Å². The molecule has 1 saturated carbocycles. The van der Waals surface area contributed by atoms with E-state index in [9.17, 15) is 10.1 Å². The van der Waals surface area contributed by atoms with E-state index in [1.165, 1.54) is 6.07 Å². The van der Waals surface area contributed by atoms with Crippen molar-refractivity contribution in [2.45, 2.75) is 25.3 Å². The lowest BCUT2D eigenvalue weighted by Crippen LogP contribution is -2.38. The molecule has 2 unspecified atom stereocenters. The van der Waals surface area contributed by atoms with Crippen molar-refractivity contribution in [2.24, 2.45) is 11.7 Å².